The van der Waals surface area contributed by atoms with Crippen molar-refractivity contribution < 1.29 is 13.2 Å². The topological polar surface area (TPSA) is 84.7 Å². The lowest BCUT2D eigenvalue weighted by atomic mass is 10.3. The Morgan fingerprint density at radius 1 is 1.07 bits per heavy atom. The van der Waals surface area contributed by atoms with E-state index in [9.17, 15) is 13.2 Å². The number of thiophene rings is 1. The average molecular weight is 447 g/mol. The number of rotatable bonds is 6. The van der Waals surface area contributed by atoms with E-state index in [4.69, 9.17) is 4.74 Å². The standard InChI is InChI=1S/C20H22N4O4S2/c1-2-28-19-17(15-21-24(20(19)25)16-7-4-3-5-8-16)22-10-12-23(13-11-22)30(26,27)18-9-6-14-29-18/h3-9,14-15H,2,10-13H2,1H3. The first-order chi connectivity index (χ1) is 14.5. The molecule has 0 atom stereocenters. The predicted octanol–water partition coefficient (Wildman–Crippen LogP) is 2.20. The third-order valence-corrected chi connectivity index (χ3v) is 8.14. The first kappa shape index (κ1) is 20.6. The lowest BCUT2D eigenvalue weighted by Gasteiger charge is -2.35. The van der Waals surface area contributed by atoms with E-state index in [1.165, 1.54) is 20.3 Å². The van der Waals surface area contributed by atoms with Crippen LogP contribution in [-0.2, 0) is 10.0 Å². The summed E-state index contributed by atoms with van der Waals surface area (Å²) >= 11 is 1.21. The van der Waals surface area contributed by atoms with E-state index in [0.29, 0.717) is 48.4 Å². The van der Waals surface area contributed by atoms with Gasteiger partial charge in [-0.3, -0.25) is 4.79 Å². The van der Waals surface area contributed by atoms with Crippen LogP contribution >= 0.6 is 11.3 Å². The molecule has 0 spiro atoms. The minimum absolute atomic E-state index is 0.228. The van der Waals surface area contributed by atoms with Gasteiger partial charge in [0.15, 0.2) is 0 Å². The third kappa shape index (κ3) is 3.85. The molecule has 8 nitrogen and oxygen atoms in total. The lowest BCUT2D eigenvalue weighted by molar-refractivity contribution is 0.329. The van der Waals surface area contributed by atoms with Gasteiger partial charge in [-0.05, 0) is 30.5 Å². The molecule has 2 aromatic heterocycles. The van der Waals surface area contributed by atoms with Crippen LogP contribution in [0.25, 0.3) is 5.69 Å². The highest BCUT2D eigenvalue weighted by atomic mass is 32.2. The van der Waals surface area contributed by atoms with E-state index in [0.717, 1.165) is 0 Å². The van der Waals surface area contributed by atoms with E-state index in [1.807, 2.05) is 30.0 Å². The molecule has 0 saturated carbocycles. The van der Waals surface area contributed by atoms with Crippen LogP contribution in [-0.4, -0.2) is 55.3 Å². The van der Waals surface area contributed by atoms with Gasteiger partial charge in [-0.25, -0.2) is 8.42 Å². The van der Waals surface area contributed by atoms with Gasteiger partial charge in [0, 0.05) is 26.2 Å². The van der Waals surface area contributed by atoms with Crippen LogP contribution in [0.3, 0.4) is 0 Å². The molecule has 30 heavy (non-hydrogen) atoms. The van der Waals surface area contributed by atoms with Gasteiger partial charge in [0.1, 0.15) is 9.90 Å². The molecule has 0 radical (unpaired) electrons. The summed E-state index contributed by atoms with van der Waals surface area (Å²) in [6, 6.07) is 12.5. The molecule has 0 N–H and O–H groups in total. The molecule has 3 aromatic rings. The maximum Gasteiger partial charge on any atom is 0.316 e. The number of ether oxygens (including phenoxy) is 1. The summed E-state index contributed by atoms with van der Waals surface area (Å²) in [5.74, 6) is 0.228. The zero-order valence-corrected chi connectivity index (χ0v) is 18.1. The zero-order chi connectivity index (χ0) is 21.1. The van der Waals surface area contributed by atoms with Crippen LogP contribution in [0.4, 0.5) is 5.69 Å². The Balaban J connectivity index is 1.59. The van der Waals surface area contributed by atoms with Crippen molar-refractivity contribution in [2.24, 2.45) is 0 Å². The first-order valence-corrected chi connectivity index (χ1v) is 11.9. The summed E-state index contributed by atoms with van der Waals surface area (Å²) in [4.78, 5) is 15.0. The normalized spacial score (nSPS) is 15.3. The molecule has 0 amide bonds. The van der Waals surface area contributed by atoms with E-state index < -0.39 is 10.0 Å². The Kier molecular flexibility index (Phi) is 5.89. The van der Waals surface area contributed by atoms with Crippen molar-refractivity contribution in [3.63, 3.8) is 0 Å². The highest BCUT2D eigenvalue weighted by Gasteiger charge is 2.30. The molecule has 4 rings (SSSR count). The molecule has 0 bridgehead atoms. The fraction of sp³-hybridized carbons (Fsp3) is 0.300. The van der Waals surface area contributed by atoms with Crippen molar-refractivity contribution in [1.82, 2.24) is 14.1 Å². The van der Waals surface area contributed by atoms with Gasteiger partial charge >= 0.3 is 5.56 Å². The molecule has 1 fully saturated rings. The smallest absolute Gasteiger partial charge is 0.316 e. The van der Waals surface area contributed by atoms with Crippen molar-refractivity contribution in [2.75, 3.05) is 37.7 Å². The highest BCUT2D eigenvalue weighted by molar-refractivity contribution is 7.91. The second-order valence-electron chi connectivity index (χ2n) is 6.67. The monoisotopic (exact) mass is 446 g/mol. The maximum atomic E-state index is 13.0. The summed E-state index contributed by atoms with van der Waals surface area (Å²) in [7, 11) is -3.48. The van der Waals surface area contributed by atoms with Crippen LogP contribution in [0.5, 0.6) is 5.75 Å². The summed E-state index contributed by atoms with van der Waals surface area (Å²) in [5, 5.41) is 6.08. The van der Waals surface area contributed by atoms with Crippen molar-refractivity contribution in [3.8, 4) is 11.4 Å². The molecule has 1 aliphatic heterocycles. The molecule has 1 saturated heterocycles. The summed E-state index contributed by atoms with van der Waals surface area (Å²) in [6.45, 7) is 3.71. The number of hydrogen-bond donors (Lipinski definition) is 0. The Morgan fingerprint density at radius 3 is 2.43 bits per heavy atom. The van der Waals surface area contributed by atoms with Crippen molar-refractivity contribution in [3.05, 3.63) is 64.4 Å². The van der Waals surface area contributed by atoms with Crippen LogP contribution in [0, 0.1) is 0 Å². The molecule has 3 heterocycles. The molecule has 0 aliphatic carbocycles. The third-order valence-electron chi connectivity index (χ3n) is 4.87. The number of sulfonamides is 1. The van der Waals surface area contributed by atoms with E-state index >= 15 is 0 Å². The number of aromatic nitrogens is 2. The van der Waals surface area contributed by atoms with Gasteiger partial charge in [0.25, 0.3) is 10.0 Å². The van der Waals surface area contributed by atoms with E-state index in [2.05, 4.69) is 5.10 Å². The fourth-order valence-corrected chi connectivity index (χ4v) is 5.96. The Hall–Kier alpha value is -2.69. The average Bonchev–Trinajstić information content (AvgIpc) is 3.32. The SMILES string of the molecule is CCOc1c(N2CCN(S(=O)(=O)c3cccs3)CC2)cnn(-c2ccccc2)c1=O. The number of hydrogen-bond acceptors (Lipinski definition) is 7. The predicted molar refractivity (Wildman–Crippen MR) is 116 cm³/mol. The minimum atomic E-state index is -3.48. The van der Waals surface area contributed by atoms with Crippen molar-refractivity contribution in [2.45, 2.75) is 11.1 Å². The Bertz CT molecular complexity index is 1150. The van der Waals surface area contributed by atoms with Crippen molar-refractivity contribution >= 4 is 27.0 Å². The molecular weight excluding hydrogens is 424 g/mol. The highest BCUT2D eigenvalue weighted by Crippen LogP contribution is 2.27. The van der Waals surface area contributed by atoms with Crippen LogP contribution in [0.1, 0.15) is 6.92 Å². The first-order valence-electron chi connectivity index (χ1n) is 9.61. The van der Waals surface area contributed by atoms with Crippen LogP contribution in [0.15, 0.2) is 63.0 Å². The van der Waals surface area contributed by atoms with Crippen LogP contribution < -0.4 is 15.2 Å². The number of anilines is 1. The Morgan fingerprint density at radius 2 is 1.80 bits per heavy atom. The number of nitrogens with zero attached hydrogens (tertiary/aromatic N) is 4. The number of para-hydroxylation sites is 1. The molecule has 0 unspecified atom stereocenters. The van der Waals surface area contributed by atoms with E-state index in [-0.39, 0.29) is 11.3 Å². The molecule has 10 heteroatoms. The summed E-state index contributed by atoms with van der Waals surface area (Å²) < 4.78 is 34.3. The number of piperazine rings is 1. The second kappa shape index (κ2) is 8.58. The van der Waals surface area contributed by atoms with Gasteiger partial charge in [-0.1, -0.05) is 24.3 Å². The maximum absolute atomic E-state index is 13.0. The minimum Gasteiger partial charge on any atom is -0.487 e. The zero-order valence-electron chi connectivity index (χ0n) is 16.5. The quantitative estimate of drug-likeness (QED) is 0.577. The second-order valence-corrected chi connectivity index (χ2v) is 9.78. The lowest BCUT2D eigenvalue weighted by Crippen LogP contribution is -2.49. The Labute approximate surface area is 179 Å². The molecule has 1 aromatic carbocycles. The molecular formula is C20H22N4O4S2. The van der Waals surface area contributed by atoms with E-state index in [1.54, 1.807) is 35.8 Å². The van der Waals surface area contributed by atoms with Gasteiger partial charge in [0.2, 0.25) is 5.75 Å². The molecule has 158 valence electrons. The van der Waals surface area contributed by atoms with Gasteiger partial charge in [0.05, 0.1) is 18.5 Å². The van der Waals surface area contributed by atoms with Gasteiger partial charge < -0.3 is 9.64 Å². The largest absolute Gasteiger partial charge is 0.487 e. The van der Waals surface area contributed by atoms with Crippen LogP contribution in [0.2, 0.25) is 0 Å². The van der Waals surface area contributed by atoms with Gasteiger partial charge in [-0.2, -0.15) is 14.1 Å². The van der Waals surface area contributed by atoms with Gasteiger partial charge in [-0.15, -0.1) is 11.3 Å². The summed E-state index contributed by atoms with van der Waals surface area (Å²) in [6.07, 6.45) is 1.61. The molecule has 1 aliphatic rings. The summed E-state index contributed by atoms with van der Waals surface area (Å²) in [5.41, 5.74) is 0.901. The van der Waals surface area contributed by atoms with Crippen molar-refractivity contribution in [1.29, 1.82) is 0 Å². The number of benzene rings is 1. The fourth-order valence-electron chi connectivity index (χ4n) is 3.39.